The fraction of sp³-hybridized carbons (Fsp3) is 0.621. The number of hydrogen-bond donors (Lipinski definition) is 5. The number of nitrogens with one attached hydrogen (secondary N) is 2. The molecule has 0 amide bonds. The number of pyridine rings is 1. The molecule has 1 aromatic carbocycles. The number of aromatic nitrogens is 1. The van der Waals surface area contributed by atoms with Crippen molar-refractivity contribution in [3.63, 3.8) is 0 Å². The molecule has 5 rings (SSSR count). The maximum absolute atomic E-state index is 11.0. The van der Waals surface area contributed by atoms with Crippen molar-refractivity contribution >= 4 is 10.9 Å². The molecular weight excluding hydrogens is 452 g/mol. The number of fused-ring (bicyclic) bond motifs is 4. The van der Waals surface area contributed by atoms with Crippen LogP contribution in [0.1, 0.15) is 51.2 Å². The third kappa shape index (κ3) is 7.34. The van der Waals surface area contributed by atoms with Crippen LogP contribution in [0.2, 0.25) is 0 Å². The number of benzene rings is 1. The Kier molecular flexibility index (Phi) is 11.8. The quantitative estimate of drug-likeness (QED) is 0.227. The van der Waals surface area contributed by atoms with Crippen LogP contribution >= 0.6 is 0 Å². The molecule has 0 unspecified atom stereocenters. The second-order valence-electron chi connectivity index (χ2n) is 10.1. The van der Waals surface area contributed by atoms with E-state index in [0.29, 0.717) is 11.8 Å². The van der Waals surface area contributed by atoms with Gasteiger partial charge in [-0.15, -0.1) is 6.58 Å². The minimum Gasteiger partial charge on any atom is -0.395 e. The molecule has 3 fully saturated rings. The highest BCUT2D eigenvalue weighted by molar-refractivity contribution is 5.82. The Labute approximate surface area is 216 Å². The highest BCUT2D eigenvalue weighted by atomic mass is 16.3. The van der Waals surface area contributed by atoms with Crippen molar-refractivity contribution in [2.24, 2.45) is 11.8 Å². The SMILES string of the molecule is C=C[C@H]1C[N@]2CC[C@H]1C[C@@H]2[C@@H](O)c1ccnc2ccccc12.CC[C@@H](CO)NCCN[C@@H](CC)CO. The first-order valence-electron chi connectivity index (χ1n) is 13.6. The van der Waals surface area contributed by atoms with Gasteiger partial charge in [0.1, 0.15) is 0 Å². The zero-order chi connectivity index (χ0) is 25.9. The fourth-order valence-corrected chi connectivity index (χ4v) is 5.52. The first-order valence-corrected chi connectivity index (χ1v) is 13.6. The van der Waals surface area contributed by atoms with Crippen LogP contribution in [0.3, 0.4) is 0 Å². The van der Waals surface area contributed by atoms with E-state index in [1.54, 1.807) is 0 Å². The van der Waals surface area contributed by atoms with Crippen LogP contribution in [0, 0.1) is 11.8 Å². The van der Waals surface area contributed by atoms with Gasteiger partial charge in [-0.2, -0.15) is 0 Å². The van der Waals surface area contributed by atoms with E-state index in [1.165, 1.54) is 6.42 Å². The predicted molar refractivity (Wildman–Crippen MR) is 147 cm³/mol. The van der Waals surface area contributed by atoms with Crippen molar-refractivity contribution in [1.29, 1.82) is 0 Å². The zero-order valence-electron chi connectivity index (χ0n) is 22.0. The average Bonchev–Trinajstić information content (AvgIpc) is 2.95. The Morgan fingerprint density at radius 3 is 2.31 bits per heavy atom. The van der Waals surface area contributed by atoms with Crippen LogP contribution in [0.15, 0.2) is 49.2 Å². The van der Waals surface area contributed by atoms with Gasteiger partial charge in [0.05, 0.1) is 24.8 Å². The Morgan fingerprint density at radius 1 is 1.08 bits per heavy atom. The summed E-state index contributed by atoms with van der Waals surface area (Å²) < 4.78 is 0. The normalized spacial score (nSPS) is 25.6. The van der Waals surface area contributed by atoms with Crippen molar-refractivity contribution < 1.29 is 15.3 Å². The second kappa shape index (κ2) is 14.8. The van der Waals surface area contributed by atoms with Gasteiger partial charge in [-0.1, -0.05) is 38.1 Å². The van der Waals surface area contributed by atoms with Gasteiger partial charge in [-0.05, 0) is 61.8 Å². The number of nitrogens with zero attached hydrogens (tertiary/aromatic N) is 2. The van der Waals surface area contributed by atoms with Crippen LogP contribution in [0.5, 0.6) is 0 Å². The summed E-state index contributed by atoms with van der Waals surface area (Å²) in [5, 5.41) is 36.4. The monoisotopic (exact) mass is 498 g/mol. The van der Waals surface area contributed by atoms with Gasteiger partial charge in [-0.25, -0.2) is 0 Å². The van der Waals surface area contributed by atoms with Crippen LogP contribution in [0.4, 0.5) is 0 Å². The molecular formula is C29H46N4O3. The summed E-state index contributed by atoms with van der Waals surface area (Å²) in [6, 6.07) is 10.7. The van der Waals surface area contributed by atoms with Gasteiger partial charge >= 0.3 is 0 Å². The van der Waals surface area contributed by atoms with E-state index in [0.717, 1.165) is 61.9 Å². The Morgan fingerprint density at radius 2 is 1.75 bits per heavy atom. The summed E-state index contributed by atoms with van der Waals surface area (Å²) in [5.41, 5.74) is 1.97. The van der Waals surface area contributed by atoms with Crippen LogP contribution < -0.4 is 10.6 Å². The van der Waals surface area contributed by atoms with Gasteiger partial charge in [0.15, 0.2) is 0 Å². The molecule has 5 N–H and O–H groups in total. The van der Waals surface area contributed by atoms with Crippen molar-refractivity contribution in [2.45, 2.75) is 63.8 Å². The van der Waals surface area contributed by atoms with Crippen LogP contribution in [0.25, 0.3) is 10.9 Å². The fourth-order valence-electron chi connectivity index (χ4n) is 5.52. The second-order valence-corrected chi connectivity index (χ2v) is 10.1. The van der Waals surface area contributed by atoms with Crippen molar-refractivity contribution in [2.75, 3.05) is 39.4 Å². The van der Waals surface area contributed by atoms with E-state index in [1.807, 2.05) is 44.3 Å². The molecule has 1 aromatic heterocycles. The van der Waals surface area contributed by atoms with Crippen molar-refractivity contribution in [3.8, 4) is 0 Å². The standard InChI is InChI=1S/C19H22N2O.C10H24N2O2/c1-2-13-12-21-10-8-14(13)11-18(21)19(22)16-7-9-20-17-6-4-3-5-15(16)17;1-3-9(7-13)11-5-6-12-10(4-2)8-14/h2-7,9,13-14,18-19,22H,1,8,10-12H2;9-14H,3-8H2,1-2H3/t13-,14-,18+,19-;9-,10-/m00/s1. The zero-order valence-corrected chi connectivity index (χ0v) is 22.0. The highest BCUT2D eigenvalue weighted by Gasteiger charge is 2.42. The van der Waals surface area contributed by atoms with E-state index in [-0.39, 0.29) is 31.3 Å². The van der Waals surface area contributed by atoms with Gasteiger partial charge in [0.2, 0.25) is 0 Å². The van der Waals surface area contributed by atoms with E-state index in [9.17, 15) is 5.11 Å². The molecule has 36 heavy (non-hydrogen) atoms. The van der Waals surface area contributed by atoms with Gasteiger partial charge in [0, 0.05) is 49.3 Å². The molecule has 0 saturated carbocycles. The van der Waals surface area contributed by atoms with Crippen molar-refractivity contribution in [3.05, 3.63) is 54.7 Å². The lowest BCUT2D eigenvalue weighted by atomic mass is 9.73. The molecule has 4 heterocycles. The summed E-state index contributed by atoms with van der Waals surface area (Å²) in [4.78, 5) is 6.86. The molecule has 2 bridgehead atoms. The largest absolute Gasteiger partial charge is 0.395 e. The maximum Gasteiger partial charge on any atom is 0.0952 e. The number of rotatable bonds is 12. The minimum absolute atomic E-state index is 0.188. The number of para-hydroxylation sites is 1. The molecule has 200 valence electrons. The minimum atomic E-state index is -0.443. The van der Waals surface area contributed by atoms with Gasteiger partial charge in [0.25, 0.3) is 0 Å². The molecule has 7 atom stereocenters. The lowest BCUT2D eigenvalue weighted by molar-refractivity contribution is -0.0444. The van der Waals surface area contributed by atoms with E-state index < -0.39 is 6.10 Å². The number of hydrogen-bond acceptors (Lipinski definition) is 7. The summed E-state index contributed by atoms with van der Waals surface area (Å²) >= 11 is 0. The molecule has 7 heteroatoms. The molecule has 2 aromatic rings. The number of aliphatic hydroxyl groups excluding tert-OH is 3. The molecule has 3 aliphatic heterocycles. The number of piperidine rings is 3. The number of aliphatic hydroxyl groups is 3. The molecule has 3 saturated heterocycles. The lowest BCUT2D eigenvalue weighted by Crippen LogP contribution is -2.54. The van der Waals surface area contributed by atoms with Crippen LogP contribution in [-0.2, 0) is 0 Å². The first kappa shape index (κ1) is 28.7. The lowest BCUT2D eigenvalue weighted by Gasteiger charge is -2.50. The highest BCUT2D eigenvalue weighted by Crippen LogP contribution is 2.41. The third-order valence-corrected chi connectivity index (χ3v) is 7.94. The van der Waals surface area contributed by atoms with E-state index in [2.05, 4.69) is 39.2 Å². The average molecular weight is 499 g/mol. The predicted octanol–water partition coefficient (Wildman–Crippen LogP) is 2.87. The molecule has 0 radical (unpaired) electrons. The Hall–Kier alpha value is -1.87. The molecule has 3 aliphatic rings. The molecule has 0 aliphatic carbocycles. The molecule has 7 nitrogen and oxygen atoms in total. The molecule has 0 spiro atoms. The Bertz CT molecular complexity index is 899. The summed E-state index contributed by atoms with van der Waals surface area (Å²) in [6.45, 7) is 12.2. The summed E-state index contributed by atoms with van der Waals surface area (Å²) in [6.07, 6.45) is 7.64. The smallest absolute Gasteiger partial charge is 0.0952 e. The Balaban J connectivity index is 0.000000226. The van der Waals surface area contributed by atoms with E-state index >= 15 is 0 Å². The first-order chi connectivity index (χ1) is 17.6. The third-order valence-electron chi connectivity index (χ3n) is 7.94. The van der Waals surface area contributed by atoms with Crippen LogP contribution in [-0.4, -0.2) is 82.7 Å². The van der Waals surface area contributed by atoms with Crippen molar-refractivity contribution in [1.82, 2.24) is 20.5 Å². The van der Waals surface area contributed by atoms with Gasteiger partial charge < -0.3 is 26.0 Å². The summed E-state index contributed by atoms with van der Waals surface area (Å²) in [7, 11) is 0. The van der Waals surface area contributed by atoms with Gasteiger partial charge in [-0.3, -0.25) is 9.88 Å². The topological polar surface area (TPSA) is 101 Å². The maximum atomic E-state index is 11.0. The summed E-state index contributed by atoms with van der Waals surface area (Å²) in [5.74, 6) is 1.27. The van der Waals surface area contributed by atoms with E-state index in [4.69, 9.17) is 10.2 Å².